The molecule has 0 N–H and O–H groups in total. The van der Waals surface area contributed by atoms with Gasteiger partial charge in [-0.2, -0.15) is 0 Å². The summed E-state index contributed by atoms with van der Waals surface area (Å²) in [7, 11) is 0. The van der Waals surface area contributed by atoms with Gasteiger partial charge in [0.05, 0.1) is 50.6 Å². The highest BCUT2D eigenvalue weighted by molar-refractivity contribution is 5.39. The highest BCUT2D eigenvalue weighted by atomic mass is 16.7. The van der Waals surface area contributed by atoms with Gasteiger partial charge in [0.1, 0.15) is 23.0 Å². The average molecular weight is 601 g/mol. The summed E-state index contributed by atoms with van der Waals surface area (Å²) in [5.74, 6) is -1.39. The van der Waals surface area contributed by atoms with Gasteiger partial charge in [0, 0.05) is 38.5 Å². The summed E-state index contributed by atoms with van der Waals surface area (Å²) in [5, 5.41) is 37.8. The molecule has 12 heteroatoms. The fourth-order valence-corrected chi connectivity index (χ4v) is 6.85. The monoisotopic (exact) mass is 600 g/mol. The Balaban J connectivity index is 1.52. The number of hydrogen-bond donors (Lipinski definition) is 0. The summed E-state index contributed by atoms with van der Waals surface area (Å²) in [6.07, 6.45) is 4.36. The molecule has 0 atom stereocenters. The van der Waals surface area contributed by atoms with E-state index in [9.17, 15) is 21.0 Å². The van der Waals surface area contributed by atoms with Gasteiger partial charge in [0.15, 0.2) is 0 Å². The van der Waals surface area contributed by atoms with Gasteiger partial charge >= 0.3 is 0 Å². The van der Waals surface area contributed by atoms with Crippen molar-refractivity contribution in [3.8, 4) is 24.3 Å². The molecule has 4 fully saturated rings. The van der Waals surface area contributed by atoms with Crippen molar-refractivity contribution >= 4 is 0 Å². The zero-order valence-electron chi connectivity index (χ0n) is 24.9. The molecule has 0 bridgehead atoms. The minimum Gasteiger partial charge on any atom is -0.467 e. The summed E-state index contributed by atoms with van der Waals surface area (Å²) in [6, 6.07) is 7.38. The maximum absolute atomic E-state index is 9.46. The highest BCUT2D eigenvalue weighted by Crippen LogP contribution is 2.55. The molecule has 4 rings (SSSR count). The van der Waals surface area contributed by atoms with Crippen molar-refractivity contribution in [1.82, 2.24) is 0 Å². The Hall–Kier alpha value is -5.92. The summed E-state index contributed by atoms with van der Waals surface area (Å²) in [4.78, 5) is 13.1. The molecule has 0 aromatic heterocycles. The Bertz CT molecular complexity index is 1450. The Morgan fingerprint density at radius 1 is 0.578 bits per heavy atom. The van der Waals surface area contributed by atoms with Crippen molar-refractivity contribution in [3.63, 3.8) is 0 Å². The molecule has 4 aliphatic rings. The lowest BCUT2D eigenvalue weighted by atomic mass is 9.60. The van der Waals surface area contributed by atoms with Crippen LogP contribution in [0.2, 0.25) is 0 Å². The van der Waals surface area contributed by atoms with E-state index in [0.29, 0.717) is 51.4 Å². The summed E-state index contributed by atoms with van der Waals surface area (Å²) >= 11 is 0. The van der Waals surface area contributed by atoms with E-state index in [2.05, 4.69) is 33.2 Å². The van der Waals surface area contributed by atoms with E-state index in [1.54, 1.807) is 0 Å². The molecule has 2 aliphatic carbocycles. The van der Waals surface area contributed by atoms with E-state index in [4.69, 9.17) is 45.2 Å². The van der Waals surface area contributed by atoms with Crippen LogP contribution >= 0.6 is 0 Å². The second kappa shape index (κ2) is 12.8. The fraction of sp³-hybridized carbons (Fsp3) is 0.515. The quantitative estimate of drug-likeness (QED) is 0.237. The molecule has 0 unspecified atom stereocenters. The van der Waals surface area contributed by atoms with Gasteiger partial charge in [-0.15, -0.1) is 0 Å². The van der Waals surface area contributed by atoms with Crippen molar-refractivity contribution in [1.29, 1.82) is 21.0 Å². The third-order valence-corrected chi connectivity index (χ3v) is 9.41. The zero-order chi connectivity index (χ0) is 32.8. The van der Waals surface area contributed by atoms with Crippen molar-refractivity contribution in [2.45, 2.75) is 89.6 Å². The SMILES string of the molecule is [C-]#[N+]/C(C#N)=C1/C/C(=C(\C#N)[N+]#[C-])OC2(CCC(C(C)(C)C3CCC4(CC3)O/C(=C(\C#N)[N+]#[C-])C/C(=C(/C#N)[N+]#[C-])O4)CC2)O1. The first-order chi connectivity index (χ1) is 21.6. The number of nitriles is 4. The molecule has 12 nitrogen and oxygen atoms in total. The van der Waals surface area contributed by atoms with Crippen LogP contribution in [-0.4, -0.2) is 11.6 Å². The maximum atomic E-state index is 9.46. The molecule has 0 aromatic carbocycles. The van der Waals surface area contributed by atoms with E-state index in [0.717, 1.165) is 0 Å². The summed E-state index contributed by atoms with van der Waals surface area (Å²) < 4.78 is 24.6. The molecule has 2 spiro atoms. The molecule has 224 valence electrons. The Morgan fingerprint density at radius 2 is 0.822 bits per heavy atom. The lowest BCUT2D eigenvalue weighted by molar-refractivity contribution is -0.246. The van der Waals surface area contributed by atoms with Crippen molar-refractivity contribution in [2.24, 2.45) is 17.3 Å². The lowest BCUT2D eigenvalue weighted by Crippen LogP contribution is -2.48. The largest absolute Gasteiger partial charge is 0.467 e. The van der Waals surface area contributed by atoms with Gasteiger partial charge in [0.25, 0.3) is 22.8 Å². The van der Waals surface area contributed by atoms with E-state index < -0.39 is 11.6 Å². The van der Waals surface area contributed by atoms with Gasteiger partial charge in [-0.25, -0.2) is 40.4 Å². The fourth-order valence-electron chi connectivity index (χ4n) is 6.85. The van der Waals surface area contributed by atoms with Gasteiger partial charge in [-0.05, 0) is 42.9 Å². The van der Waals surface area contributed by atoms with Crippen LogP contribution in [0.3, 0.4) is 0 Å². The van der Waals surface area contributed by atoms with Crippen LogP contribution in [0.15, 0.2) is 45.8 Å². The normalized spacial score (nSPS) is 31.8. The first kappa shape index (κ1) is 32.0. The van der Waals surface area contributed by atoms with Crippen LogP contribution in [0.5, 0.6) is 0 Å². The van der Waals surface area contributed by atoms with E-state index in [1.165, 1.54) is 0 Å². The maximum Gasteiger partial charge on any atom is 0.299 e. The summed E-state index contributed by atoms with van der Waals surface area (Å²) in [5.41, 5.74) is -1.05. The van der Waals surface area contributed by atoms with Crippen LogP contribution in [-0.2, 0) is 18.9 Å². The molecule has 0 radical (unpaired) electrons. The van der Waals surface area contributed by atoms with E-state index in [1.807, 2.05) is 24.3 Å². The van der Waals surface area contributed by atoms with Crippen LogP contribution in [0.1, 0.15) is 78.1 Å². The van der Waals surface area contributed by atoms with Crippen molar-refractivity contribution in [2.75, 3.05) is 0 Å². The highest BCUT2D eigenvalue weighted by Gasteiger charge is 2.52. The van der Waals surface area contributed by atoms with Gasteiger partial charge < -0.3 is 18.9 Å². The smallest absolute Gasteiger partial charge is 0.299 e. The van der Waals surface area contributed by atoms with Crippen LogP contribution in [0.25, 0.3) is 19.4 Å². The molecule has 0 amide bonds. The molecular formula is C33H28N8O4. The van der Waals surface area contributed by atoms with Gasteiger partial charge in [-0.1, -0.05) is 13.8 Å². The first-order valence-corrected chi connectivity index (χ1v) is 14.4. The Kier molecular flexibility index (Phi) is 9.07. The molecule has 2 aliphatic heterocycles. The molecule has 2 heterocycles. The van der Waals surface area contributed by atoms with Crippen LogP contribution in [0.4, 0.5) is 0 Å². The van der Waals surface area contributed by atoms with E-state index >= 15 is 0 Å². The third-order valence-electron chi connectivity index (χ3n) is 9.41. The van der Waals surface area contributed by atoms with Gasteiger partial charge in [-0.3, -0.25) is 0 Å². The predicted octanol–water partition coefficient (Wildman–Crippen LogP) is 7.28. The molecule has 45 heavy (non-hydrogen) atoms. The predicted molar refractivity (Wildman–Crippen MR) is 154 cm³/mol. The number of allylic oxidation sites excluding steroid dienone is 4. The molecular weight excluding hydrogens is 572 g/mol. The Morgan fingerprint density at radius 3 is 1.02 bits per heavy atom. The zero-order valence-corrected chi connectivity index (χ0v) is 24.9. The topological polar surface area (TPSA) is 150 Å². The minimum atomic E-state index is -1.18. The standard InChI is InChI=1S/C33H28N8O4/c1-31(2,21-7-11-32(12-8-21)42-27(23(17-34)38-3)15-28(43-32)24(18-35)39-4)22-9-13-33(14-10-22)44-29(25(19-36)40-5)16-30(45-33)26(20-37)41-6/h21-22H,7-16H2,1-2H3/b27-23-,28-24-,29-25+,30-26+. The van der Waals surface area contributed by atoms with Crippen LogP contribution < -0.4 is 0 Å². The average Bonchev–Trinajstić information content (AvgIpc) is 3.04. The Labute approximate surface area is 262 Å². The second-order valence-electron chi connectivity index (χ2n) is 11.9. The third kappa shape index (κ3) is 6.11. The second-order valence-corrected chi connectivity index (χ2v) is 11.9. The minimum absolute atomic E-state index is 0.105. The summed E-state index contributed by atoms with van der Waals surface area (Å²) in [6.45, 7) is 33.9. The van der Waals surface area contributed by atoms with Crippen molar-refractivity contribution in [3.05, 3.63) is 91.5 Å². The van der Waals surface area contributed by atoms with Gasteiger partial charge in [0.2, 0.25) is 11.6 Å². The van der Waals surface area contributed by atoms with E-state index in [-0.39, 0.29) is 75.9 Å². The number of ether oxygens (including phenoxy) is 4. The number of rotatable bonds is 2. The number of hydrogen-bond acceptors (Lipinski definition) is 8. The molecule has 2 saturated heterocycles. The number of nitrogens with zero attached hydrogens (tertiary/aromatic N) is 8. The molecule has 0 aromatic rings. The molecule has 2 saturated carbocycles. The first-order valence-electron chi connectivity index (χ1n) is 14.4. The van der Waals surface area contributed by atoms with Crippen molar-refractivity contribution < 1.29 is 18.9 Å². The lowest BCUT2D eigenvalue weighted by Gasteiger charge is -2.52. The van der Waals surface area contributed by atoms with Crippen LogP contribution in [0, 0.1) is 88.9 Å².